The Labute approximate surface area is 187 Å². The molecular formula is C22H25ClN2O5S. The Balaban J connectivity index is 1.77. The minimum Gasteiger partial charge on any atom is -0.465 e. The topological polar surface area (TPSA) is 84.0 Å². The molecule has 7 nitrogen and oxygen atoms in total. The summed E-state index contributed by atoms with van der Waals surface area (Å²) in [6.07, 6.45) is 1.09. The Bertz CT molecular complexity index is 1050. The van der Waals surface area contributed by atoms with E-state index in [1.165, 1.54) is 12.1 Å². The highest BCUT2D eigenvalue weighted by Crippen LogP contribution is 2.26. The number of sulfone groups is 1. The quantitative estimate of drug-likeness (QED) is 0.611. The summed E-state index contributed by atoms with van der Waals surface area (Å²) in [6, 6.07) is 12.7. The first-order chi connectivity index (χ1) is 14.7. The summed E-state index contributed by atoms with van der Waals surface area (Å²) in [4.78, 5) is 29.3. The number of carbonyl (C=O) groups is 2. The molecule has 1 fully saturated rings. The van der Waals surface area contributed by atoms with Crippen molar-refractivity contribution in [2.45, 2.75) is 17.9 Å². The van der Waals surface area contributed by atoms with Crippen molar-refractivity contribution >= 4 is 33.3 Å². The van der Waals surface area contributed by atoms with E-state index >= 15 is 0 Å². The molecule has 0 N–H and O–H groups in total. The van der Waals surface area contributed by atoms with Crippen LogP contribution in [0.15, 0.2) is 53.4 Å². The molecule has 9 heteroatoms. The maximum atomic E-state index is 13.0. The summed E-state index contributed by atoms with van der Waals surface area (Å²) < 4.78 is 29.4. The summed E-state index contributed by atoms with van der Waals surface area (Å²) >= 11 is 5.98. The zero-order chi connectivity index (χ0) is 22.6. The van der Waals surface area contributed by atoms with Crippen LogP contribution in [0, 0.1) is 0 Å². The Morgan fingerprint density at radius 3 is 2.23 bits per heavy atom. The fourth-order valence-electron chi connectivity index (χ4n) is 3.68. The predicted octanol–water partition coefficient (Wildman–Crippen LogP) is 2.81. The van der Waals surface area contributed by atoms with Crippen LogP contribution in [0.25, 0.3) is 0 Å². The zero-order valence-electron chi connectivity index (χ0n) is 17.5. The lowest BCUT2D eigenvalue weighted by molar-refractivity contribution is -0.150. The second kappa shape index (κ2) is 9.80. The van der Waals surface area contributed by atoms with Crippen LogP contribution in [0.2, 0.25) is 5.02 Å². The fraction of sp³-hybridized carbons (Fsp3) is 0.364. The SMILES string of the molecule is CCOC(=O)C(c1ccc(Cl)cc1)N1CCN(C(=O)c2ccccc2S(C)(=O)=O)CC1. The van der Waals surface area contributed by atoms with E-state index in [0.717, 1.165) is 11.8 Å². The summed E-state index contributed by atoms with van der Waals surface area (Å²) in [5, 5.41) is 0.575. The van der Waals surface area contributed by atoms with Gasteiger partial charge in [0.1, 0.15) is 6.04 Å². The van der Waals surface area contributed by atoms with Gasteiger partial charge in [0.25, 0.3) is 5.91 Å². The number of ether oxygens (including phenoxy) is 1. The van der Waals surface area contributed by atoms with Gasteiger partial charge in [-0.1, -0.05) is 35.9 Å². The molecule has 0 spiro atoms. The van der Waals surface area contributed by atoms with Gasteiger partial charge in [0.2, 0.25) is 0 Å². The lowest BCUT2D eigenvalue weighted by atomic mass is 10.0. The molecule has 1 unspecified atom stereocenters. The Morgan fingerprint density at radius 1 is 1.03 bits per heavy atom. The smallest absolute Gasteiger partial charge is 0.328 e. The molecule has 1 amide bonds. The molecule has 0 bridgehead atoms. The number of hydrogen-bond donors (Lipinski definition) is 0. The van der Waals surface area contributed by atoms with E-state index in [1.807, 2.05) is 4.90 Å². The highest BCUT2D eigenvalue weighted by molar-refractivity contribution is 7.90. The van der Waals surface area contributed by atoms with Crippen molar-refractivity contribution in [2.75, 3.05) is 39.0 Å². The molecule has 0 saturated carbocycles. The van der Waals surface area contributed by atoms with E-state index in [1.54, 1.807) is 48.2 Å². The predicted molar refractivity (Wildman–Crippen MR) is 118 cm³/mol. The monoisotopic (exact) mass is 464 g/mol. The molecule has 0 aromatic heterocycles. The largest absolute Gasteiger partial charge is 0.465 e. The molecular weight excluding hydrogens is 440 g/mol. The van der Waals surface area contributed by atoms with E-state index < -0.39 is 15.9 Å². The summed E-state index contributed by atoms with van der Waals surface area (Å²) in [6.45, 7) is 3.63. The number of carbonyl (C=O) groups excluding carboxylic acids is 2. The van der Waals surface area contributed by atoms with Crippen LogP contribution in [0.1, 0.15) is 28.9 Å². The van der Waals surface area contributed by atoms with Gasteiger partial charge in [-0.05, 0) is 36.8 Å². The molecule has 1 heterocycles. The third-order valence-corrected chi connectivity index (χ3v) is 6.59. The average molecular weight is 465 g/mol. The van der Waals surface area contributed by atoms with Crippen molar-refractivity contribution in [3.63, 3.8) is 0 Å². The van der Waals surface area contributed by atoms with Gasteiger partial charge >= 0.3 is 5.97 Å². The van der Waals surface area contributed by atoms with E-state index in [4.69, 9.17) is 16.3 Å². The summed E-state index contributed by atoms with van der Waals surface area (Å²) in [7, 11) is -3.53. The van der Waals surface area contributed by atoms with Gasteiger partial charge in [0.15, 0.2) is 9.84 Å². The van der Waals surface area contributed by atoms with Crippen molar-refractivity contribution < 1.29 is 22.7 Å². The van der Waals surface area contributed by atoms with E-state index in [0.29, 0.717) is 31.2 Å². The van der Waals surface area contributed by atoms with E-state index in [-0.39, 0.29) is 28.9 Å². The number of amides is 1. The summed E-state index contributed by atoms with van der Waals surface area (Å²) in [5.41, 5.74) is 0.933. The molecule has 31 heavy (non-hydrogen) atoms. The average Bonchev–Trinajstić information content (AvgIpc) is 2.75. The standard InChI is InChI=1S/C22H25ClN2O5S/c1-3-30-22(27)20(16-8-10-17(23)11-9-16)24-12-14-25(15-13-24)21(26)18-6-4-5-7-19(18)31(2,28)29/h4-11,20H,3,12-15H2,1-2H3. The van der Waals surface area contributed by atoms with E-state index in [2.05, 4.69) is 0 Å². The second-order valence-electron chi connectivity index (χ2n) is 7.30. The van der Waals surface area contributed by atoms with Gasteiger partial charge in [-0.25, -0.2) is 13.2 Å². The highest BCUT2D eigenvalue weighted by Gasteiger charge is 2.33. The second-order valence-corrected chi connectivity index (χ2v) is 9.72. The van der Waals surface area contributed by atoms with Crippen molar-refractivity contribution in [3.8, 4) is 0 Å². The number of benzene rings is 2. The molecule has 0 aliphatic carbocycles. The molecule has 2 aromatic carbocycles. The third-order valence-electron chi connectivity index (χ3n) is 5.18. The van der Waals surface area contributed by atoms with Gasteiger partial charge in [-0.2, -0.15) is 0 Å². The van der Waals surface area contributed by atoms with Gasteiger partial charge < -0.3 is 9.64 Å². The first kappa shape index (κ1) is 23.2. The van der Waals surface area contributed by atoms with Gasteiger partial charge in [0.05, 0.1) is 17.1 Å². The van der Waals surface area contributed by atoms with Crippen molar-refractivity contribution in [3.05, 3.63) is 64.7 Å². The molecule has 2 aromatic rings. The van der Waals surface area contributed by atoms with Crippen LogP contribution >= 0.6 is 11.6 Å². The van der Waals surface area contributed by atoms with Crippen LogP contribution in [0.5, 0.6) is 0 Å². The minimum atomic E-state index is -3.53. The fourth-order valence-corrected chi connectivity index (χ4v) is 4.69. The third kappa shape index (κ3) is 5.44. The molecule has 1 atom stereocenters. The van der Waals surface area contributed by atoms with Crippen LogP contribution in [-0.2, 0) is 19.4 Å². The number of hydrogen-bond acceptors (Lipinski definition) is 6. The molecule has 166 valence electrons. The lowest BCUT2D eigenvalue weighted by Crippen LogP contribution is -2.51. The van der Waals surface area contributed by atoms with Gasteiger partial charge in [-0.15, -0.1) is 0 Å². The molecule has 1 aliphatic rings. The normalized spacial score (nSPS) is 16.0. The maximum absolute atomic E-state index is 13.0. The van der Waals surface area contributed by atoms with Crippen molar-refractivity contribution in [1.29, 1.82) is 0 Å². The van der Waals surface area contributed by atoms with Crippen LogP contribution in [-0.4, -0.2) is 69.1 Å². The Kier molecular flexibility index (Phi) is 7.35. The number of rotatable bonds is 6. The van der Waals surface area contributed by atoms with Gasteiger partial charge in [-0.3, -0.25) is 9.69 Å². The maximum Gasteiger partial charge on any atom is 0.328 e. The first-order valence-corrected chi connectivity index (χ1v) is 12.2. The van der Waals surface area contributed by atoms with Crippen LogP contribution in [0.3, 0.4) is 0 Å². The van der Waals surface area contributed by atoms with Crippen molar-refractivity contribution in [2.24, 2.45) is 0 Å². The Morgan fingerprint density at radius 2 is 1.65 bits per heavy atom. The zero-order valence-corrected chi connectivity index (χ0v) is 19.0. The first-order valence-electron chi connectivity index (χ1n) is 9.97. The van der Waals surface area contributed by atoms with Crippen molar-refractivity contribution in [1.82, 2.24) is 9.80 Å². The number of halogens is 1. The number of piperazine rings is 1. The Hall–Kier alpha value is -2.42. The molecule has 1 aliphatic heterocycles. The molecule has 3 rings (SSSR count). The minimum absolute atomic E-state index is 0.0213. The lowest BCUT2D eigenvalue weighted by Gasteiger charge is -2.38. The van der Waals surface area contributed by atoms with Gasteiger partial charge in [0, 0.05) is 37.5 Å². The number of nitrogens with zero attached hydrogens (tertiary/aromatic N) is 2. The molecule has 1 saturated heterocycles. The number of esters is 1. The van der Waals surface area contributed by atoms with E-state index in [9.17, 15) is 18.0 Å². The summed E-state index contributed by atoms with van der Waals surface area (Å²) in [5.74, 6) is -0.688. The van der Waals surface area contributed by atoms with Crippen LogP contribution in [0.4, 0.5) is 0 Å². The van der Waals surface area contributed by atoms with Crippen LogP contribution < -0.4 is 0 Å². The molecule has 0 radical (unpaired) electrons. The highest BCUT2D eigenvalue weighted by atomic mass is 35.5.